The first-order chi connectivity index (χ1) is 4.14. The smallest absolute Gasteiger partial charge is 0.108 e. The van der Waals surface area contributed by atoms with Crippen LogP contribution in [0.3, 0.4) is 0 Å². The fourth-order valence-electron chi connectivity index (χ4n) is 0.910. The molecule has 0 amide bonds. The van der Waals surface area contributed by atoms with Crippen molar-refractivity contribution in [3.8, 4) is 0 Å². The third-order valence-corrected chi connectivity index (χ3v) is 3.35. The average Bonchev–Trinajstić information content (AvgIpc) is 2.10. The Labute approximate surface area is 55.3 Å². The van der Waals surface area contributed by atoms with E-state index in [9.17, 15) is 4.57 Å². The first-order valence-electron chi connectivity index (χ1n) is 2.92. The van der Waals surface area contributed by atoms with Crippen molar-refractivity contribution in [2.45, 2.75) is 6.10 Å². The van der Waals surface area contributed by atoms with Gasteiger partial charge in [0.15, 0.2) is 0 Å². The van der Waals surface area contributed by atoms with Crippen LogP contribution in [0.5, 0.6) is 0 Å². The molecule has 0 N–H and O–H groups in total. The highest BCUT2D eigenvalue weighted by molar-refractivity contribution is 7.66. The van der Waals surface area contributed by atoms with Gasteiger partial charge in [-0.15, -0.1) is 0 Å². The highest BCUT2D eigenvalue weighted by atomic mass is 31.2. The third kappa shape index (κ3) is 1.67. The van der Waals surface area contributed by atoms with Crippen LogP contribution < -0.4 is 0 Å². The molecule has 52 valence electrons. The summed E-state index contributed by atoms with van der Waals surface area (Å²) in [5.74, 6) is 1.78. The summed E-state index contributed by atoms with van der Waals surface area (Å²) in [5.41, 5.74) is 0. The summed E-state index contributed by atoms with van der Waals surface area (Å²) in [6.45, 7) is 1.78. The molecular formula is C6H11O2P. The molecule has 0 spiro atoms. The van der Waals surface area contributed by atoms with Gasteiger partial charge < -0.3 is 9.30 Å². The van der Waals surface area contributed by atoms with Gasteiger partial charge in [-0.25, -0.2) is 0 Å². The lowest BCUT2D eigenvalue weighted by molar-refractivity contribution is 0.160. The van der Waals surface area contributed by atoms with Crippen LogP contribution in [0.2, 0.25) is 0 Å². The molecule has 1 aliphatic rings. The minimum Gasteiger partial charge on any atom is -0.377 e. The lowest BCUT2D eigenvalue weighted by Gasteiger charge is -2.05. The van der Waals surface area contributed by atoms with Crippen LogP contribution >= 0.6 is 7.14 Å². The van der Waals surface area contributed by atoms with Gasteiger partial charge in [0.1, 0.15) is 7.14 Å². The molecule has 9 heavy (non-hydrogen) atoms. The molecule has 3 heteroatoms. The molecule has 0 aromatic carbocycles. The average molecular weight is 146 g/mol. The first kappa shape index (κ1) is 7.04. The fourth-order valence-corrected chi connectivity index (χ4v) is 2.57. The minimum absolute atomic E-state index is 0.0980. The second kappa shape index (κ2) is 2.28. The van der Waals surface area contributed by atoms with E-state index in [4.69, 9.17) is 4.74 Å². The highest BCUT2D eigenvalue weighted by Crippen LogP contribution is 2.48. The van der Waals surface area contributed by atoms with Crippen molar-refractivity contribution in [1.82, 2.24) is 0 Å². The van der Waals surface area contributed by atoms with Crippen LogP contribution in [-0.2, 0) is 9.30 Å². The highest BCUT2D eigenvalue weighted by Gasteiger charge is 2.22. The molecule has 1 rings (SSSR count). The van der Waals surface area contributed by atoms with Crippen LogP contribution in [0, 0.1) is 0 Å². The summed E-state index contributed by atoms with van der Waals surface area (Å²) in [6, 6.07) is 0. The molecule has 2 nitrogen and oxygen atoms in total. The molecule has 0 aliphatic carbocycles. The van der Waals surface area contributed by atoms with Gasteiger partial charge in [-0.3, -0.25) is 0 Å². The first-order valence-corrected chi connectivity index (χ1v) is 5.33. The number of ether oxygens (including phenoxy) is 1. The second-order valence-corrected chi connectivity index (χ2v) is 5.48. The van der Waals surface area contributed by atoms with Crippen molar-refractivity contribution >= 4 is 7.14 Å². The minimum atomic E-state index is -1.92. The van der Waals surface area contributed by atoms with E-state index in [1.54, 1.807) is 19.6 Å². The zero-order chi connectivity index (χ0) is 6.91. The Morgan fingerprint density at radius 1 is 1.78 bits per heavy atom. The van der Waals surface area contributed by atoms with E-state index >= 15 is 0 Å². The van der Waals surface area contributed by atoms with E-state index in [0.717, 1.165) is 0 Å². The number of hydrogen-bond donors (Lipinski definition) is 0. The molecule has 1 heterocycles. The van der Waals surface area contributed by atoms with Gasteiger partial charge >= 0.3 is 0 Å². The Kier molecular flexibility index (Phi) is 1.78. The Bertz CT molecular complexity index is 174. The maximum absolute atomic E-state index is 11.2. The summed E-state index contributed by atoms with van der Waals surface area (Å²) in [7, 11) is -0.282. The molecule has 2 atom stereocenters. The van der Waals surface area contributed by atoms with E-state index < -0.39 is 7.14 Å². The normalized spacial score (nSPS) is 41.8. The van der Waals surface area contributed by atoms with E-state index in [2.05, 4.69) is 0 Å². The van der Waals surface area contributed by atoms with Gasteiger partial charge in [-0.05, 0) is 12.5 Å². The predicted octanol–water partition coefficient (Wildman–Crippen LogP) is 1.52. The summed E-state index contributed by atoms with van der Waals surface area (Å²) in [4.78, 5) is 0. The van der Waals surface area contributed by atoms with Gasteiger partial charge in [-0.2, -0.15) is 0 Å². The topological polar surface area (TPSA) is 26.3 Å². The Hall–Kier alpha value is -0.0700. The van der Waals surface area contributed by atoms with E-state index in [1.807, 2.05) is 6.08 Å². The van der Waals surface area contributed by atoms with E-state index in [1.165, 1.54) is 0 Å². The predicted molar refractivity (Wildman–Crippen MR) is 38.3 cm³/mol. The Balaban J connectivity index is 2.60. The maximum atomic E-state index is 11.2. The lowest BCUT2D eigenvalue weighted by atomic mass is 10.4. The number of methoxy groups -OCH3 is 1. The van der Waals surface area contributed by atoms with Crippen molar-refractivity contribution in [2.24, 2.45) is 0 Å². The van der Waals surface area contributed by atoms with Crippen molar-refractivity contribution in [2.75, 3.05) is 19.9 Å². The summed E-state index contributed by atoms with van der Waals surface area (Å²) in [6.07, 6.45) is 2.66. The van der Waals surface area contributed by atoms with Crippen LogP contribution in [0.4, 0.5) is 0 Å². The van der Waals surface area contributed by atoms with Crippen molar-refractivity contribution in [1.29, 1.82) is 0 Å². The van der Waals surface area contributed by atoms with Gasteiger partial charge in [0, 0.05) is 13.3 Å². The third-order valence-electron chi connectivity index (χ3n) is 1.46. The molecule has 1 aliphatic heterocycles. The molecule has 0 saturated heterocycles. The van der Waals surface area contributed by atoms with Gasteiger partial charge in [0.2, 0.25) is 0 Å². The number of hydrogen-bond acceptors (Lipinski definition) is 2. The maximum Gasteiger partial charge on any atom is 0.108 e. The molecule has 2 unspecified atom stereocenters. The van der Waals surface area contributed by atoms with Crippen LogP contribution in [0.1, 0.15) is 0 Å². The SMILES string of the molecule is COC1C=CP(C)(=O)C1. The molecule has 0 radical (unpaired) electrons. The molecule has 0 aromatic heterocycles. The zero-order valence-corrected chi connectivity index (χ0v) is 6.60. The van der Waals surface area contributed by atoms with Crippen molar-refractivity contribution < 1.29 is 9.30 Å². The molecular weight excluding hydrogens is 135 g/mol. The summed E-state index contributed by atoms with van der Waals surface area (Å²) >= 11 is 0. The van der Waals surface area contributed by atoms with E-state index in [-0.39, 0.29) is 6.10 Å². The van der Waals surface area contributed by atoms with Crippen LogP contribution in [-0.4, -0.2) is 26.0 Å². The van der Waals surface area contributed by atoms with Crippen LogP contribution in [0.25, 0.3) is 0 Å². The molecule has 0 fully saturated rings. The van der Waals surface area contributed by atoms with Gasteiger partial charge in [0.05, 0.1) is 6.10 Å². The monoisotopic (exact) mass is 146 g/mol. The summed E-state index contributed by atoms with van der Waals surface area (Å²) < 4.78 is 16.2. The second-order valence-electron chi connectivity index (χ2n) is 2.47. The molecule has 0 aromatic rings. The number of rotatable bonds is 1. The Morgan fingerprint density at radius 2 is 2.44 bits per heavy atom. The lowest BCUT2D eigenvalue weighted by Crippen LogP contribution is -2.06. The zero-order valence-electron chi connectivity index (χ0n) is 5.70. The largest absolute Gasteiger partial charge is 0.377 e. The van der Waals surface area contributed by atoms with E-state index in [0.29, 0.717) is 6.16 Å². The van der Waals surface area contributed by atoms with Crippen molar-refractivity contribution in [3.63, 3.8) is 0 Å². The Morgan fingerprint density at radius 3 is 2.67 bits per heavy atom. The van der Waals surface area contributed by atoms with Crippen LogP contribution in [0.15, 0.2) is 11.9 Å². The van der Waals surface area contributed by atoms with Crippen molar-refractivity contribution in [3.05, 3.63) is 11.9 Å². The fraction of sp³-hybridized carbons (Fsp3) is 0.667. The van der Waals surface area contributed by atoms with Gasteiger partial charge in [-0.1, -0.05) is 6.08 Å². The molecule has 0 bridgehead atoms. The van der Waals surface area contributed by atoms with Gasteiger partial charge in [0.25, 0.3) is 0 Å². The standard InChI is InChI=1S/C6H11O2P/c1-8-6-3-4-9(2,7)5-6/h3-4,6H,5H2,1-2H3. The molecule has 0 saturated carbocycles. The summed E-state index contributed by atoms with van der Waals surface area (Å²) in [5, 5.41) is 0. The quantitative estimate of drug-likeness (QED) is 0.524.